The molecule has 4 aromatic rings. The molecule has 0 spiro atoms. The van der Waals surface area contributed by atoms with Crippen LogP contribution in [0.3, 0.4) is 0 Å². The number of fused-ring (bicyclic) bond motifs is 1. The first-order valence-corrected chi connectivity index (χ1v) is 11.9. The highest BCUT2D eigenvalue weighted by atomic mass is 35.5. The van der Waals surface area contributed by atoms with Gasteiger partial charge in [0.05, 0.1) is 12.0 Å². The number of benzene rings is 4. The number of hydrogen-bond acceptors (Lipinski definition) is 4. The third kappa shape index (κ3) is 6.37. The smallest absolute Gasteiger partial charge is 0.250 e. The van der Waals surface area contributed by atoms with Crippen molar-refractivity contribution in [2.45, 2.75) is 18.4 Å². The van der Waals surface area contributed by atoms with Crippen molar-refractivity contribution in [1.29, 1.82) is 0 Å². The highest BCUT2D eigenvalue weighted by molar-refractivity contribution is 8.00. The van der Waals surface area contributed by atoms with Crippen LogP contribution < -0.4 is 10.2 Å². The quantitative estimate of drug-likeness (QED) is 0.177. The van der Waals surface area contributed by atoms with Gasteiger partial charge in [-0.3, -0.25) is 4.79 Å². The second-order valence-electron chi connectivity index (χ2n) is 7.50. The number of carbonyl (C=O) groups is 1. The lowest BCUT2D eigenvalue weighted by molar-refractivity contribution is -0.118. The van der Waals surface area contributed by atoms with Gasteiger partial charge in [0.1, 0.15) is 12.4 Å². The number of halogens is 1. The van der Waals surface area contributed by atoms with E-state index in [1.165, 1.54) is 22.7 Å². The lowest BCUT2D eigenvalue weighted by atomic mass is 10.1. The molecule has 0 bridgehead atoms. The van der Waals surface area contributed by atoms with Gasteiger partial charge in [0, 0.05) is 15.5 Å². The van der Waals surface area contributed by atoms with E-state index >= 15 is 0 Å². The molecule has 33 heavy (non-hydrogen) atoms. The van der Waals surface area contributed by atoms with Crippen LogP contribution in [-0.4, -0.2) is 17.9 Å². The van der Waals surface area contributed by atoms with Gasteiger partial charge in [-0.15, -0.1) is 11.8 Å². The van der Waals surface area contributed by atoms with Crippen LogP contribution >= 0.6 is 23.4 Å². The summed E-state index contributed by atoms with van der Waals surface area (Å²) in [4.78, 5) is 13.2. The van der Waals surface area contributed by atoms with Crippen LogP contribution in [0.15, 0.2) is 94.9 Å². The molecule has 6 heteroatoms. The molecule has 0 aromatic heterocycles. The zero-order valence-electron chi connectivity index (χ0n) is 18.1. The first-order valence-electron chi connectivity index (χ1n) is 10.5. The van der Waals surface area contributed by atoms with E-state index in [1.54, 1.807) is 18.3 Å². The zero-order chi connectivity index (χ0) is 23.0. The number of hydrogen-bond donors (Lipinski definition) is 1. The summed E-state index contributed by atoms with van der Waals surface area (Å²) in [6, 6.07) is 27.8. The Morgan fingerprint density at radius 1 is 1.03 bits per heavy atom. The predicted molar refractivity (Wildman–Crippen MR) is 137 cm³/mol. The van der Waals surface area contributed by atoms with Gasteiger partial charge in [0.15, 0.2) is 0 Å². The topological polar surface area (TPSA) is 50.7 Å². The van der Waals surface area contributed by atoms with Crippen molar-refractivity contribution < 1.29 is 9.53 Å². The molecule has 0 atom stereocenters. The van der Waals surface area contributed by atoms with Crippen molar-refractivity contribution in [3.63, 3.8) is 0 Å². The molecule has 4 rings (SSSR count). The highest BCUT2D eigenvalue weighted by Gasteiger charge is 2.07. The summed E-state index contributed by atoms with van der Waals surface area (Å²) in [6.45, 7) is 2.44. The number of ether oxygens (including phenoxy) is 1. The fraction of sp³-hybridized carbons (Fsp3) is 0.111. The van der Waals surface area contributed by atoms with Crippen LogP contribution in [0.4, 0.5) is 0 Å². The highest BCUT2D eigenvalue weighted by Crippen LogP contribution is 2.25. The van der Waals surface area contributed by atoms with Gasteiger partial charge >= 0.3 is 0 Å². The zero-order valence-corrected chi connectivity index (χ0v) is 19.7. The van der Waals surface area contributed by atoms with Crippen LogP contribution in [0.2, 0.25) is 5.02 Å². The van der Waals surface area contributed by atoms with Gasteiger partial charge < -0.3 is 4.74 Å². The van der Waals surface area contributed by atoms with E-state index in [2.05, 4.69) is 34.8 Å². The monoisotopic (exact) mass is 474 g/mol. The maximum absolute atomic E-state index is 12.2. The summed E-state index contributed by atoms with van der Waals surface area (Å²) >= 11 is 7.64. The summed E-state index contributed by atoms with van der Waals surface area (Å²) in [5.74, 6) is 0.733. The molecule has 4 aromatic carbocycles. The molecule has 0 aliphatic carbocycles. The molecule has 0 saturated carbocycles. The van der Waals surface area contributed by atoms with Crippen LogP contribution in [0, 0.1) is 6.92 Å². The van der Waals surface area contributed by atoms with Crippen molar-refractivity contribution in [2.24, 2.45) is 5.10 Å². The molecular formula is C27H23ClN2O2S. The summed E-state index contributed by atoms with van der Waals surface area (Å²) in [5.41, 5.74) is 5.54. The van der Waals surface area contributed by atoms with Crippen LogP contribution in [0.5, 0.6) is 5.75 Å². The Morgan fingerprint density at radius 2 is 1.82 bits per heavy atom. The van der Waals surface area contributed by atoms with Gasteiger partial charge in [-0.2, -0.15) is 5.10 Å². The minimum absolute atomic E-state index is 0.183. The first-order chi connectivity index (χ1) is 16.1. The fourth-order valence-corrected chi connectivity index (χ4v) is 4.19. The number of rotatable bonds is 8. The van der Waals surface area contributed by atoms with E-state index in [9.17, 15) is 4.79 Å². The lowest BCUT2D eigenvalue weighted by Crippen LogP contribution is -2.19. The molecule has 4 nitrogen and oxygen atoms in total. The molecule has 0 radical (unpaired) electrons. The third-order valence-corrected chi connectivity index (χ3v) is 6.27. The number of carbonyl (C=O) groups excluding carboxylic acids is 1. The van der Waals surface area contributed by atoms with Crippen molar-refractivity contribution in [3.05, 3.63) is 107 Å². The summed E-state index contributed by atoms with van der Waals surface area (Å²) in [7, 11) is 0. The average molecular weight is 475 g/mol. The molecule has 166 valence electrons. The maximum atomic E-state index is 12.2. The molecule has 0 fully saturated rings. The third-order valence-electron chi connectivity index (χ3n) is 5.02. The average Bonchev–Trinajstić information content (AvgIpc) is 2.83. The van der Waals surface area contributed by atoms with Gasteiger partial charge in [-0.1, -0.05) is 71.8 Å². The van der Waals surface area contributed by atoms with Gasteiger partial charge in [-0.05, 0) is 53.6 Å². The number of aryl methyl sites for hydroxylation is 1. The van der Waals surface area contributed by atoms with Crippen molar-refractivity contribution >= 4 is 46.3 Å². The van der Waals surface area contributed by atoms with Crippen molar-refractivity contribution in [1.82, 2.24) is 5.43 Å². The van der Waals surface area contributed by atoms with Gasteiger partial charge in [0.2, 0.25) is 5.91 Å². The van der Waals surface area contributed by atoms with Crippen LogP contribution in [0.25, 0.3) is 10.8 Å². The Balaban J connectivity index is 1.38. The van der Waals surface area contributed by atoms with Crippen LogP contribution in [0.1, 0.15) is 16.7 Å². The molecule has 0 heterocycles. The normalized spacial score (nSPS) is 11.1. The van der Waals surface area contributed by atoms with E-state index < -0.39 is 0 Å². The van der Waals surface area contributed by atoms with Crippen molar-refractivity contribution in [2.75, 3.05) is 5.75 Å². The van der Waals surface area contributed by atoms with Crippen molar-refractivity contribution in [3.8, 4) is 5.75 Å². The Kier molecular flexibility index (Phi) is 7.66. The predicted octanol–water partition coefficient (Wildman–Crippen LogP) is 6.62. The van der Waals surface area contributed by atoms with E-state index in [-0.39, 0.29) is 11.7 Å². The van der Waals surface area contributed by atoms with E-state index in [1.807, 2.05) is 55.5 Å². The Labute approximate surface area is 202 Å². The second kappa shape index (κ2) is 11.0. The molecule has 0 unspecified atom stereocenters. The number of amides is 1. The van der Waals surface area contributed by atoms with Crippen LogP contribution in [-0.2, 0) is 11.4 Å². The molecular weight excluding hydrogens is 452 g/mol. The Bertz CT molecular complexity index is 1280. The SMILES string of the molecule is Cc1ccc(SCC(=O)N/N=C\c2cc(Cl)ccc2OCc2cccc3ccccc23)cc1. The van der Waals surface area contributed by atoms with E-state index in [0.29, 0.717) is 22.9 Å². The minimum Gasteiger partial charge on any atom is -0.488 e. The minimum atomic E-state index is -0.183. The standard InChI is InChI=1S/C27H23ClN2O2S/c1-19-9-12-24(13-10-19)33-18-27(31)30-29-16-22-15-23(28)11-14-26(22)32-17-21-7-4-6-20-5-2-3-8-25(20)21/h2-16H,17-18H2,1H3,(H,30,31)/b29-16-. The van der Waals surface area contributed by atoms with E-state index in [0.717, 1.165) is 15.8 Å². The number of nitrogens with zero attached hydrogens (tertiary/aromatic N) is 1. The largest absolute Gasteiger partial charge is 0.488 e. The summed E-state index contributed by atoms with van der Waals surface area (Å²) in [5, 5.41) is 6.99. The molecule has 0 aliphatic heterocycles. The molecule has 0 aliphatic rings. The summed E-state index contributed by atoms with van der Waals surface area (Å²) < 4.78 is 6.09. The number of nitrogens with one attached hydrogen (secondary N) is 1. The Hall–Kier alpha value is -3.28. The first kappa shape index (κ1) is 22.9. The van der Waals surface area contributed by atoms with Gasteiger partial charge in [0.25, 0.3) is 0 Å². The second-order valence-corrected chi connectivity index (χ2v) is 8.99. The van der Waals surface area contributed by atoms with E-state index in [4.69, 9.17) is 16.3 Å². The number of hydrazone groups is 1. The van der Waals surface area contributed by atoms with Gasteiger partial charge in [-0.25, -0.2) is 5.43 Å². The maximum Gasteiger partial charge on any atom is 0.250 e. The Morgan fingerprint density at radius 3 is 2.67 bits per heavy atom. The summed E-state index contributed by atoms with van der Waals surface area (Å²) in [6.07, 6.45) is 1.55. The lowest BCUT2D eigenvalue weighted by Gasteiger charge is -2.11. The molecule has 0 saturated heterocycles. The molecule has 1 amide bonds. The molecule has 1 N–H and O–H groups in total. The fourth-order valence-electron chi connectivity index (χ4n) is 3.31. The number of thioether (sulfide) groups is 1.